The molecule has 1 N–H and O–H groups in total. The standard InChI is InChI=1S/C15H21N/c1-11-4-2-7-14-13(11)8-9-15(14)16-10-12-5-3-6-12/h2,4,7,12,15-16H,3,5-6,8-10H2,1H3. The lowest BCUT2D eigenvalue weighted by Gasteiger charge is -2.27. The van der Waals surface area contributed by atoms with Crippen molar-refractivity contribution in [3.05, 3.63) is 34.9 Å². The predicted molar refractivity (Wildman–Crippen MR) is 67.6 cm³/mol. The van der Waals surface area contributed by atoms with Gasteiger partial charge in [-0.25, -0.2) is 0 Å². The molecule has 0 aromatic heterocycles. The number of fused-ring (bicyclic) bond motifs is 1. The van der Waals surface area contributed by atoms with Crippen molar-refractivity contribution in [1.82, 2.24) is 5.32 Å². The number of rotatable bonds is 3. The lowest BCUT2D eigenvalue weighted by molar-refractivity contribution is 0.289. The molecule has 0 spiro atoms. The van der Waals surface area contributed by atoms with Crippen LogP contribution in [0.3, 0.4) is 0 Å². The van der Waals surface area contributed by atoms with E-state index in [0.717, 1.165) is 5.92 Å². The number of hydrogen-bond donors (Lipinski definition) is 1. The summed E-state index contributed by atoms with van der Waals surface area (Å²) in [4.78, 5) is 0. The summed E-state index contributed by atoms with van der Waals surface area (Å²) in [5.41, 5.74) is 4.65. The molecule has 0 radical (unpaired) electrons. The van der Waals surface area contributed by atoms with Crippen molar-refractivity contribution in [1.29, 1.82) is 0 Å². The highest BCUT2D eigenvalue weighted by molar-refractivity contribution is 5.40. The second-order valence-electron chi connectivity index (χ2n) is 5.44. The Bertz CT molecular complexity index is 379. The van der Waals surface area contributed by atoms with Gasteiger partial charge in [0.15, 0.2) is 0 Å². The van der Waals surface area contributed by atoms with Crippen LogP contribution in [0, 0.1) is 12.8 Å². The molecule has 0 aliphatic heterocycles. The van der Waals surface area contributed by atoms with Gasteiger partial charge in [0.1, 0.15) is 0 Å². The van der Waals surface area contributed by atoms with Crippen LogP contribution in [0.4, 0.5) is 0 Å². The van der Waals surface area contributed by atoms with Crippen LogP contribution >= 0.6 is 0 Å². The molecule has 1 unspecified atom stereocenters. The first-order chi connectivity index (χ1) is 7.84. The number of aryl methyl sites for hydroxylation is 1. The smallest absolute Gasteiger partial charge is 0.0326 e. The zero-order valence-corrected chi connectivity index (χ0v) is 10.1. The van der Waals surface area contributed by atoms with Crippen molar-refractivity contribution in [2.45, 2.75) is 45.1 Å². The second-order valence-corrected chi connectivity index (χ2v) is 5.44. The molecule has 3 rings (SSSR count). The van der Waals surface area contributed by atoms with Crippen molar-refractivity contribution in [2.24, 2.45) is 5.92 Å². The molecule has 0 bridgehead atoms. The van der Waals surface area contributed by atoms with Gasteiger partial charge < -0.3 is 5.32 Å². The van der Waals surface area contributed by atoms with E-state index in [2.05, 4.69) is 30.4 Å². The zero-order valence-electron chi connectivity index (χ0n) is 10.1. The molecular formula is C15H21N. The molecule has 1 atom stereocenters. The first-order valence-electron chi connectivity index (χ1n) is 6.66. The van der Waals surface area contributed by atoms with Gasteiger partial charge in [0, 0.05) is 6.04 Å². The lowest BCUT2D eigenvalue weighted by atomic mass is 9.85. The molecule has 2 aliphatic rings. The normalized spacial score (nSPS) is 24.2. The molecule has 2 aliphatic carbocycles. The van der Waals surface area contributed by atoms with Crippen LogP contribution in [0.1, 0.15) is 48.4 Å². The van der Waals surface area contributed by atoms with E-state index in [1.165, 1.54) is 44.2 Å². The van der Waals surface area contributed by atoms with Crippen LogP contribution in [-0.4, -0.2) is 6.54 Å². The monoisotopic (exact) mass is 215 g/mol. The molecular weight excluding hydrogens is 194 g/mol. The van der Waals surface area contributed by atoms with Gasteiger partial charge in [0.2, 0.25) is 0 Å². The van der Waals surface area contributed by atoms with E-state index in [9.17, 15) is 0 Å². The van der Waals surface area contributed by atoms with Gasteiger partial charge in [0.25, 0.3) is 0 Å². The van der Waals surface area contributed by atoms with Crippen LogP contribution in [0.2, 0.25) is 0 Å². The first kappa shape index (κ1) is 10.3. The molecule has 0 amide bonds. The highest BCUT2D eigenvalue weighted by Gasteiger charge is 2.25. The molecule has 1 heteroatoms. The fourth-order valence-electron chi connectivity index (χ4n) is 3.05. The molecule has 86 valence electrons. The maximum Gasteiger partial charge on any atom is 0.0326 e. The Morgan fingerprint density at radius 2 is 2.12 bits per heavy atom. The lowest BCUT2D eigenvalue weighted by Crippen LogP contribution is -2.29. The number of benzene rings is 1. The highest BCUT2D eigenvalue weighted by Crippen LogP contribution is 2.34. The third kappa shape index (κ3) is 1.78. The largest absolute Gasteiger partial charge is 0.310 e. The topological polar surface area (TPSA) is 12.0 Å². The SMILES string of the molecule is Cc1cccc2c1CCC2NCC1CCC1. The summed E-state index contributed by atoms with van der Waals surface area (Å²) < 4.78 is 0. The van der Waals surface area contributed by atoms with Gasteiger partial charge >= 0.3 is 0 Å². The van der Waals surface area contributed by atoms with Crippen LogP contribution in [0.25, 0.3) is 0 Å². The van der Waals surface area contributed by atoms with Crippen LogP contribution in [-0.2, 0) is 6.42 Å². The van der Waals surface area contributed by atoms with E-state index in [0.29, 0.717) is 6.04 Å². The molecule has 1 saturated carbocycles. The van der Waals surface area contributed by atoms with Gasteiger partial charge in [-0.05, 0) is 61.8 Å². The van der Waals surface area contributed by atoms with Gasteiger partial charge in [-0.3, -0.25) is 0 Å². The summed E-state index contributed by atoms with van der Waals surface area (Å²) in [6.45, 7) is 3.48. The Labute approximate surface area is 98.3 Å². The van der Waals surface area contributed by atoms with E-state index in [1.54, 1.807) is 11.1 Å². The summed E-state index contributed by atoms with van der Waals surface area (Å²) >= 11 is 0. The average Bonchev–Trinajstić information content (AvgIpc) is 2.61. The van der Waals surface area contributed by atoms with Gasteiger partial charge in [-0.1, -0.05) is 24.6 Å². The van der Waals surface area contributed by atoms with Crippen molar-refractivity contribution in [2.75, 3.05) is 6.54 Å². The second kappa shape index (κ2) is 4.21. The fraction of sp³-hybridized carbons (Fsp3) is 0.600. The van der Waals surface area contributed by atoms with E-state index in [4.69, 9.17) is 0 Å². The Morgan fingerprint density at radius 1 is 1.25 bits per heavy atom. The summed E-state index contributed by atoms with van der Waals surface area (Å²) in [6.07, 6.45) is 6.91. The quantitative estimate of drug-likeness (QED) is 0.815. The van der Waals surface area contributed by atoms with Crippen LogP contribution < -0.4 is 5.32 Å². The Balaban J connectivity index is 1.68. The third-order valence-electron chi connectivity index (χ3n) is 4.38. The molecule has 1 aromatic carbocycles. The third-order valence-corrected chi connectivity index (χ3v) is 4.38. The van der Waals surface area contributed by atoms with Gasteiger partial charge in [0.05, 0.1) is 0 Å². The molecule has 1 nitrogen and oxygen atoms in total. The van der Waals surface area contributed by atoms with Crippen LogP contribution in [0.5, 0.6) is 0 Å². The summed E-state index contributed by atoms with van der Waals surface area (Å²) in [5, 5.41) is 3.77. The molecule has 1 aromatic rings. The van der Waals surface area contributed by atoms with E-state index >= 15 is 0 Å². The maximum absolute atomic E-state index is 3.77. The Kier molecular flexibility index (Phi) is 2.72. The number of hydrogen-bond acceptors (Lipinski definition) is 1. The molecule has 1 fully saturated rings. The van der Waals surface area contributed by atoms with E-state index in [-0.39, 0.29) is 0 Å². The fourth-order valence-corrected chi connectivity index (χ4v) is 3.05. The molecule has 0 heterocycles. The number of nitrogens with one attached hydrogen (secondary N) is 1. The molecule has 0 saturated heterocycles. The maximum atomic E-state index is 3.77. The van der Waals surface area contributed by atoms with Crippen molar-refractivity contribution in [3.63, 3.8) is 0 Å². The van der Waals surface area contributed by atoms with Crippen molar-refractivity contribution in [3.8, 4) is 0 Å². The van der Waals surface area contributed by atoms with Crippen LogP contribution in [0.15, 0.2) is 18.2 Å². The Morgan fingerprint density at radius 3 is 2.88 bits per heavy atom. The molecule has 16 heavy (non-hydrogen) atoms. The average molecular weight is 215 g/mol. The predicted octanol–water partition coefficient (Wildman–Crippen LogP) is 3.37. The zero-order chi connectivity index (χ0) is 11.0. The van der Waals surface area contributed by atoms with Gasteiger partial charge in [-0.15, -0.1) is 0 Å². The minimum Gasteiger partial charge on any atom is -0.310 e. The Hall–Kier alpha value is -0.820. The first-order valence-corrected chi connectivity index (χ1v) is 6.66. The summed E-state index contributed by atoms with van der Waals surface area (Å²) in [6, 6.07) is 7.40. The minimum absolute atomic E-state index is 0.635. The minimum atomic E-state index is 0.635. The highest BCUT2D eigenvalue weighted by atomic mass is 14.9. The summed E-state index contributed by atoms with van der Waals surface area (Å²) in [5.74, 6) is 0.967. The van der Waals surface area contributed by atoms with Crippen molar-refractivity contribution >= 4 is 0 Å². The van der Waals surface area contributed by atoms with E-state index < -0.39 is 0 Å². The van der Waals surface area contributed by atoms with Crippen molar-refractivity contribution < 1.29 is 0 Å². The van der Waals surface area contributed by atoms with Gasteiger partial charge in [-0.2, -0.15) is 0 Å². The van der Waals surface area contributed by atoms with E-state index in [1.807, 2.05) is 0 Å². The summed E-state index contributed by atoms with van der Waals surface area (Å²) in [7, 11) is 0.